The van der Waals surface area contributed by atoms with Gasteiger partial charge < -0.3 is 33.7 Å². The van der Waals surface area contributed by atoms with Gasteiger partial charge in [-0.1, -0.05) is 60.7 Å². The molecule has 2 aliphatic rings. The standard InChI is InChI=1S/C29H39NO7/c1-29(2)36-25-24(35-27(33-3)26(25)37-29)17-23(15-10-16-31)19-30(18-21-11-6-4-7-12-21)28(32)34-20-22-13-8-5-9-14-22/h4-9,11-14,23-27,31H,10,15-20H2,1-3H3/t23-,24+,25?,26?,27+/m0/s1. The van der Waals surface area contributed by atoms with Gasteiger partial charge in [0.25, 0.3) is 0 Å². The van der Waals surface area contributed by atoms with E-state index < -0.39 is 12.1 Å². The van der Waals surface area contributed by atoms with Gasteiger partial charge in [-0.25, -0.2) is 4.79 Å². The summed E-state index contributed by atoms with van der Waals surface area (Å²) in [5.74, 6) is -0.663. The first-order chi connectivity index (χ1) is 17.9. The summed E-state index contributed by atoms with van der Waals surface area (Å²) in [6.45, 7) is 4.96. The number of hydrogen-bond donors (Lipinski definition) is 1. The maximum Gasteiger partial charge on any atom is 0.410 e. The Kier molecular flexibility index (Phi) is 9.56. The van der Waals surface area contributed by atoms with Crippen molar-refractivity contribution in [2.75, 3.05) is 20.3 Å². The Morgan fingerprint density at radius 3 is 2.32 bits per heavy atom. The van der Waals surface area contributed by atoms with Crippen LogP contribution >= 0.6 is 0 Å². The predicted octanol–water partition coefficient (Wildman–Crippen LogP) is 4.50. The summed E-state index contributed by atoms with van der Waals surface area (Å²) >= 11 is 0. The topological polar surface area (TPSA) is 86.7 Å². The monoisotopic (exact) mass is 513 g/mol. The van der Waals surface area contributed by atoms with Gasteiger partial charge in [0, 0.05) is 26.8 Å². The van der Waals surface area contributed by atoms with Gasteiger partial charge in [0.15, 0.2) is 12.1 Å². The van der Waals surface area contributed by atoms with Gasteiger partial charge in [0.2, 0.25) is 0 Å². The molecule has 0 aliphatic carbocycles. The predicted molar refractivity (Wildman–Crippen MR) is 137 cm³/mol. The number of aliphatic hydroxyl groups excluding tert-OH is 1. The molecule has 2 heterocycles. The van der Waals surface area contributed by atoms with Crippen molar-refractivity contribution in [2.45, 2.75) is 76.7 Å². The van der Waals surface area contributed by atoms with Gasteiger partial charge in [-0.15, -0.1) is 0 Å². The summed E-state index contributed by atoms with van der Waals surface area (Å²) in [6.07, 6.45) is 0.295. The molecule has 0 spiro atoms. The molecule has 2 unspecified atom stereocenters. The minimum absolute atomic E-state index is 0.0497. The van der Waals surface area contributed by atoms with Crippen LogP contribution in [0.2, 0.25) is 0 Å². The molecule has 202 valence electrons. The minimum atomic E-state index is -0.713. The third-order valence-electron chi connectivity index (χ3n) is 6.83. The highest BCUT2D eigenvalue weighted by Crippen LogP contribution is 2.41. The Bertz CT molecular complexity index is 971. The molecule has 2 fully saturated rings. The quantitative estimate of drug-likeness (QED) is 0.447. The Morgan fingerprint density at radius 1 is 1.03 bits per heavy atom. The molecule has 4 rings (SSSR count). The zero-order chi connectivity index (χ0) is 26.3. The van der Waals surface area contributed by atoms with Crippen molar-refractivity contribution in [1.82, 2.24) is 4.90 Å². The number of carbonyl (C=O) groups excluding carboxylic acids is 1. The second kappa shape index (κ2) is 12.8. The molecule has 2 aromatic carbocycles. The number of carbonyl (C=O) groups is 1. The van der Waals surface area contributed by atoms with E-state index in [-0.39, 0.29) is 43.5 Å². The average molecular weight is 514 g/mol. The number of aliphatic hydroxyl groups is 1. The molecule has 0 aromatic heterocycles. The first-order valence-electron chi connectivity index (χ1n) is 13.0. The second-order valence-electron chi connectivity index (χ2n) is 10.2. The van der Waals surface area contributed by atoms with E-state index in [1.807, 2.05) is 74.5 Å². The maximum atomic E-state index is 13.3. The lowest BCUT2D eigenvalue weighted by Gasteiger charge is -2.30. The molecule has 0 bridgehead atoms. The Morgan fingerprint density at radius 2 is 1.68 bits per heavy atom. The van der Waals surface area contributed by atoms with E-state index in [2.05, 4.69) is 0 Å². The van der Waals surface area contributed by atoms with E-state index in [1.54, 1.807) is 12.0 Å². The van der Waals surface area contributed by atoms with Gasteiger partial charge in [-0.2, -0.15) is 0 Å². The summed E-state index contributed by atoms with van der Waals surface area (Å²) in [7, 11) is 1.60. The smallest absolute Gasteiger partial charge is 0.410 e. The number of fused-ring (bicyclic) bond motifs is 1. The van der Waals surface area contributed by atoms with Crippen LogP contribution in [0.15, 0.2) is 60.7 Å². The zero-order valence-corrected chi connectivity index (χ0v) is 22.0. The molecule has 0 radical (unpaired) electrons. The maximum absolute atomic E-state index is 13.3. The van der Waals surface area contributed by atoms with Crippen LogP contribution in [0.5, 0.6) is 0 Å². The van der Waals surface area contributed by atoms with Crippen molar-refractivity contribution < 1.29 is 33.6 Å². The highest BCUT2D eigenvalue weighted by atomic mass is 16.8. The third kappa shape index (κ3) is 7.52. The van der Waals surface area contributed by atoms with E-state index in [0.717, 1.165) is 17.5 Å². The zero-order valence-electron chi connectivity index (χ0n) is 22.0. The van der Waals surface area contributed by atoms with E-state index >= 15 is 0 Å². The number of benzene rings is 2. The van der Waals surface area contributed by atoms with Gasteiger partial charge >= 0.3 is 6.09 Å². The molecule has 37 heavy (non-hydrogen) atoms. The van der Waals surface area contributed by atoms with Crippen molar-refractivity contribution in [3.63, 3.8) is 0 Å². The van der Waals surface area contributed by atoms with Crippen LogP contribution in [0.1, 0.15) is 44.2 Å². The lowest BCUT2D eigenvalue weighted by molar-refractivity contribution is -0.228. The Labute approximate surface area is 219 Å². The highest BCUT2D eigenvalue weighted by Gasteiger charge is 2.55. The fourth-order valence-corrected chi connectivity index (χ4v) is 5.14. The van der Waals surface area contributed by atoms with Crippen molar-refractivity contribution in [2.24, 2.45) is 5.92 Å². The van der Waals surface area contributed by atoms with Crippen LogP contribution in [-0.4, -0.2) is 66.8 Å². The summed E-state index contributed by atoms with van der Waals surface area (Å²) in [6, 6.07) is 19.5. The minimum Gasteiger partial charge on any atom is -0.445 e. The molecule has 2 saturated heterocycles. The van der Waals surface area contributed by atoms with Crippen molar-refractivity contribution >= 4 is 6.09 Å². The van der Waals surface area contributed by atoms with Crippen LogP contribution in [0, 0.1) is 5.92 Å². The van der Waals surface area contributed by atoms with Crippen molar-refractivity contribution in [3.05, 3.63) is 71.8 Å². The van der Waals surface area contributed by atoms with Crippen LogP contribution in [0.4, 0.5) is 4.79 Å². The van der Waals surface area contributed by atoms with Crippen molar-refractivity contribution in [1.29, 1.82) is 0 Å². The van der Waals surface area contributed by atoms with Gasteiger partial charge in [0.05, 0.1) is 6.10 Å². The number of amides is 1. The third-order valence-corrected chi connectivity index (χ3v) is 6.83. The molecule has 2 aromatic rings. The molecule has 0 saturated carbocycles. The van der Waals surface area contributed by atoms with Crippen LogP contribution in [0.25, 0.3) is 0 Å². The van der Waals surface area contributed by atoms with E-state index in [9.17, 15) is 9.90 Å². The summed E-state index contributed by atoms with van der Waals surface area (Å²) in [5.41, 5.74) is 1.95. The highest BCUT2D eigenvalue weighted by molar-refractivity contribution is 5.67. The molecule has 8 heteroatoms. The molecule has 1 N–H and O–H groups in total. The number of rotatable bonds is 12. The Hall–Kier alpha value is -2.49. The molecule has 2 aliphatic heterocycles. The summed E-state index contributed by atoms with van der Waals surface area (Å²) in [4.78, 5) is 15.0. The first-order valence-corrected chi connectivity index (χ1v) is 13.0. The van der Waals surface area contributed by atoms with Crippen LogP contribution in [0.3, 0.4) is 0 Å². The van der Waals surface area contributed by atoms with Gasteiger partial charge in [-0.05, 0) is 50.2 Å². The molecule has 1 amide bonds. The van der Waals surface area contributed by atoms with E-state index in [1.165, 1.54) is 0 Å². The van der Waals surface area contributed by atoms with E-state index in [4.69, 9.17) is 23.7 Å². The largest absolute Gasteiger partial charge is 0.445 e. The number of methoxy groups -OCH3 is 1. The average Bonchev–Trinajstić information content (AvgIpc) is 3.39. The molecule has 5 atom stereocenters. The normalized spacial score (nSPS) is 25.0. The van der Waals surface area contributed by atoms with Gasteiger partial charge in [-0.3, -0.25) is 0 Å². The fourth-order valence-electron chi connectivity index (χ4n) is 5.14. The SMILES string of the molecule is CO[C@@H]1O[C@H](C[C@H](CCCO)CN(Cc2ccccc2)C(=O)OCc2ccccc2)C2OC(C)(C)OC21. The lowest BCUT2D eigenvalue weighted by atomic mass is 9.93. The number of ether oxygens (including phenoxy) is 5. The number of nitrogens with zero attached hydrogens (tertiary/aromatic N) is 1. The second-order valence-corrected chi connectivity index (χ2v) is 10.2. The number of hydrogen-bond acceptors (Lipinski definition) is 7. The van der Waals surface area contributed by atoms with Gasteiger partial charge in [0.1, 0.15) is 18.8 Å². The molecular formula is C29H39NO7. The fraction of sp³-hybridized carbons (Fsp3) is 0.552. The first kappa shape index (κ1) is 27.5. The lowest BCUT2D eigenvalue weighted by Crippen LogP contribution is -2.38. The molecular weight excluding hydrogens is 474 g/mol. The summed E-state index contributed by atoms with van der Waals surface area (Å²) < 4.78 is 29.6. The van der Waals surface area contributed by atoms with Crippen molar-refractivity contribution in [3.8, 4) is 0 Å². The summed E-state index contributed by atoms with van der Waals surface area (Å²) in [5, 5.41) is 9.56. The van der Waals surface area contributed by atoms with E-state index in [0.29, 0.717) is 25.9 Å². The Balaban J connectivity index is 1.47. The van der Waals surface area contributed by atoms with Crippen LogP contribution in [-0.2, 0) is 36.8 Å². The molecule has 8 nitrogen and oxygen atoms in total. The van der Waals surface area contributed by atoms with Crippen LogP contribution < -0.4 is 0 Å².